The molecule has 6 heteroatoms. The number of aliphatic imine (C=N–C) groups is 1. The Kier molecular flexibility index (Phi) is 3.33. The first-order chi connectivity index (χ1) is 9.20. The summed E-state index contributed by atoms with van der Waals surface area (Å²) in [5, 5.41) is 0. The number of carbonyl (C=O) groups excluding carboxylic acids is 2. The van der Waals surface area contributed by atoms with Crippen molar-refractivity contribution in [1.29, 1.82) is 0 Å². The second-order valence-electron chi connectivity index (χ2n) is 5.44. The number of para-hydroxylation sites is 1. The molecule has 0 unspecified atom stereocenters. The monoisotopic (exact) mass is 278 g/mol. The van der Waals surface area contributed by atoms with E-state index in [1.807, 2.05) is 0 Å². The second-order valence-corrected chi connectivity index (χ2v) is 5.44. The van der Waals surface area contributed by atoms with Crippen molar-refractivity contribution >= 4 is 23.4 Å². The lowest BCUT2D eigenvalue weighted by Crippen LogP contribution is -2.28. The maximum absolute atomic E-state index is 13.7. The number of nitrogens with zero attached hydrogens (tertiary/aromatic N) is 2. The van der Waals surface area contributed by atoms with Crippen molar-refractivity contribution in [3.05, 3.63) is 29.6 Å². The number of hydrogen-bond acceptors (Lipinski definition) is 3. The molecule has 1 aliphatic heterocycles. The van der Waals surface area contributed by atoms with E-state index in [9.17, 15) is 14.0 Å². The zero-order valence-electron chi connectivity index (χ0n) is 11.7. The minimum Gasteiger partial charge on any atom is -0.442 e. The van der Waals surface area contributed by atoms with Gasteiger partial charge in [-0.3, -0.25) is 4.79 Å². The first-order valence-electron chi connectivity index (χ1n) is 6.09. The lowest BCUT2D eigenvalue weighted by Gasteiger charge is -2.17. The van der Waals surface area contributed by atoms with Gasteiger partial charge >= 0.3 is 6.09 Å². The van der Waals surface area contributed by atoms with Crippen LogP contribution in [-0.2, 0) is 9.53 Å². The molecule has 0 fully saturated rings. The lowest BCUT2D eigenvalue weighted by atomic mass is 10.1. The van der Waals surface area contributed by atoms with Crippen LogP contribution >= 0.6 is 0 Å². The van der Waals surface area contributed by atoms with Gasteiger partial charge in [-0.25, -0.2) is 9.18 Å². The molecule has 1 aromatic carbocycles. The molecule has 0 N–H and O–H groups in total. The van der Waals surface area contributed by atoms with Crippen LogP contribution in [0.25, 0.3) is 0 Å². The van der Waals surface area contributed by atoms with E-state index in [1.165, 1.54) is 19.2 Å². The molecule has 2 rings (SSSR count). The van der Waals surface area contributed by atoms with Crippen molar-refractivity contribution in [3.63, 3.8) is 0 Å². The van der Waals surface area contributed by atoms with Crippen molar-refractivity contribution < 1.29 is 18.7 Å². The fourth-order valence-corrected chi connectivity index (χ4v) is 1.91. The summed E-state index contributed by atoms with van der Waals surface area (Å²) in [6.45, 7) is 5.09. The zero-order valence-corrected chi connectivity index (χ0v) is 11.7. The minimum absolute atomic E-state index is 0.101. The van der Waals surface area contributed by atoms with Gasteiger partial charge in [0.05, 0.1) is 5.69 Å². The van der Waals surface area contributed by atoms with E-state index in [1.54, 1.807) is 26.8 Å². The Bertz CT molecular complexity index is 617. The number of fused-ring (bicyclic) bond motifs is 1. The second kappa shape index (κ2) is 4.70. The Labute approximate surface area is 116 Å². The molecule has 0 spiro atoms. The van der Waals surface area contributed by atoms with Crippen molar-refractivity contribution in [2.75, 3.05) is 11.9 Å². The number of anilines is 1. The summed E-state index contributed by atoms with van der Waals surface area (Å²) >= 11 is 0. The molecule has 1 aliphatic rings. The van der Waals surface area contributed by atoms with E-state index in [0.717, 1.165) is 4.90 Å². The summed E-state index contributed by atoms with van der Waals surface area (Å²) in [5.41, 5.74) is -0.390. The van der Waals surface area contributed by atoms with Gasteiger partial charge in [0.25, 0.3) is 5.91 Å². The average Bonchev–Trinajstić information content (AvgIpc) is 2.53. The van der Waals surface area contributed by atoms with E-state index < -0.39 is 23.4 Å². The largest absolute Gasteiger partial charge is 0.442 e. The molecule has 0 saturated carbocycles. The number of rotatable bonds is 0. The van der Waals surface area contributed by atoms with E-state index >= 15 is 0 Å². The Hall–Kier alpha value is -2.24. The van der Waals surface area contributed by atoms with Crippen molar-refractivity contribution in [3.8, 4) is 0 Å². The van der Waals surface area contributed by atoms with E-state index in [4.69, 9.17) is 4.74 Å². The highest BCUT2D eigenvalue weighted by Gasteiger charge is 2.34. The summed E-state index contributed by atoms with van der Waals surface area (Å²) in [7, 11) is 1.43. The van der Waals surface area contributed by atoms with Gasteiger partial charge in [0, 0.05) is 12.6 Å². The third-order valence-electron chi connectivity index (χ3n) is 2.68. The maximum atomic E-state index is 13.7. The number of ether oxygens (including phenoxy) is 1. The number of hydrogen-bond donors (Lipinski definition) is 0. The Morgan fingerprint density at radius 1 is 1.35 bits per heavy atom. The van der Waals surface area contributed by atoms with Crippen LogP contribution in [0.5, 0.6) is 0 Å². The van der Waals surface area contributed by atoms with Crippen molar-refractivity contribution in [2.45, 2.75) is 26.4 Å². The van der Waals surface area contributed by atoms with Gasteiger partial charge in [0.15, 0.2) is 0 Å². The van der Waals surface area contributed by atoms with Crippen LogP contribution in [0, 0.1) is 5.82 Å². The topological polar surface area (TPSA) is 59.0 Å². The molecule has 20 heavy (non-hydrogen) atoms. The number of carbonyl (C=O) groups is 2. The summed E-state index contributed by atoms with van der Waals surface area (Å²) in [6, 6.07) is 4.26. The summed E-state index contributed by atoms with van der Waals surface area (Å²) in [6.07, 6.45) is -0.869. The Morgan fingerprint density at radius 3 is 2.60 bits per heavy atom. The number of halogens is 1. The molecule has 0 atom stereocenters. The lowest BCUT2D eigenvalue weighted by molar-refractivity contribution is -0.112. The standard InChI is InChI=1S/C14H15FN2O3/c1-14(2,3)20-13(19)16-10-8-6-5-7-9(15)11(8)17(4)12(10)18/h5-7H,1-4H3/b16-10+. The van der Waals surface area contributed by atoms with Crippen molar-refractivity contribution in [1.82, 2.24) is 0 Å². The number of amides is 2. The van der Waals surface area contributed by atoms with Crippen LogP contribution in [0.3, 0.4) is 0 Å². The van der Waals surface area contributed by atoms with Crippen LogP contribution in [0.2, 0.25) is 0 Å². The summed E-state index contributed by atoms with van der Waals surface area (Å²) in [5.74, 6) is -1.07. The van der Waals surface area contributed by atoms with E-state index in [0.29, 0.717) is 5.56 Å². The molecule has 0 saturated heterocycles. The summed E-state index contributed by atoms with van der Waals surface area (Å²) < 4.78 is 18.8. The number of likely N-dealkylation sites (N-methyl/N-ethyl adjacent to an activating group) is 1. The molecule has 106 valence electrons. The van der Waals surface area contributed by atoms with Crippen LogP contribution in [0.4, 0.5) is 14.9 Å². The highest BCUT2D eigenvalue weighted by atomic mass is 19.1. The third kappa shape index (κ3) is 2.54. The van der Waals surface area contributed by atoms with Crippen LogP contribution in [0.1, 0.15) is 26.3 Å². The molecule has 5 nitrogen and oxygen atoms in total. The normalized spacial score (nSPS) is 16.6. The van der Waals surface area contributed by atoms with E-state index in [-0.39, 0.29) is 11.4 Å². The highest BCUT2D eigenvalue weighted by Crippen LogP contribution is 2.30. The van der Waals surface area contributed by atoms with Gasteiger partial charge in [-0.05, 0) is 26.8 Å². The fourth-order valence-electron chi connectivity index (χ4n) is 1.91. The van der Waals surface area contributed by atoms with Gasteiger partial charge < -0.3 is 9.64 Å². The predicted molar refractivity (Wildman–Crippen MR) is 72.6 cm³/mol. The SMILES string of the molecule is CN1C(=O)/C(=N/C(=O)OC(C)(C)C)c2cccc(F)c21. The van der Waals surface area contributed by atoms with Gasteiger partial charge in [-0.15, -0.1) is 0 Å². The molecular weight excluding hydrogens is 263 g/mol. The average molecular weight is 278 g/mol. The molecule has 0 bridgehead atoms. The molecule has 0 aliphatic carbocycles. The van der Waals surface area contributed by atoms with E-state index in [2.05, 4.69) is 4.99 Å². The van der Waals surface area contributed by atoms with Gasteiger partial charge in [0.1, 0.15) is 17.1 Å². The number of benzene rings is 1. The fraction of sp³-hybridized carbons (Fsp3) is 0.357. The molecular formula is C14H15FN2O3. The van der Waals surface area contributed by atoms with Gasteiger partial charge in [0.2, 0.25) is 0 Å². The van der Waals surface area contributed by atoms with Gasteiger partial charge in [-0.1, -0.05) is 12.1 Å². The predicted octanol–water partition coefficient (Wildman–Crippen LogP) is 2.53. The molecule has 0 radical (unpaired) electrons. The van der Waals surface area contributed by atoms with Gasteiger partial charge in [-0.2, -0.15) is 4.99 Å². The highest BCUT2D eigenvalue weighted by molar-refractivity contribution is 6.55. The minimum atomic E-state index is -0.869. The van der Waals surface area contributed by atoms with Crippen LogP contribution < -0.4 is 4.90 Å². The third-order valence-corrected chi connectivity index (χ3v) is 2.68. The summed E-state index contributed by atoms with van der Waals surface area (Å²) in [4.78, 5) is 28.5. The smallest absolute Gasteiger partial charge is 0.434 e. The first kappa shape index (κ1) is 14.2. The quantitative estimate of drug-likeness (QED) is 0.732. The van der Waals surface area contributed by atoms with Crippen LogP contribution in [-0.4, -0.2) is 30.4 Å². The molecule has 1 heterocycles. The molecule has 2 amide bonds. The maximum Gasteiger partial charge on any atom is 0.434 e. The van der Waals surface area contributed by atoms with Crippen LogP contribution in [0.15, 0.2) is 23.2 Å². The molecule has 0 aromatic heterocycles. The first-order valence-corrected chi connectivity index (χ1v) is 6.09. The Morgan fingerprint density at radius 2 is 2.00 bits per heavy atom. The molecule has 1 aromatic rings. The van der Waals surface area contributed by atoms with Crippen molar-refractivity contribution in [2.24, 2.45) is 4.99 Å². The zero-order chi connectivity index (χ0) is 15.1. The Balaban J connectivity index is 2.42.